The second-order valence-electron chi connectivity index (χ2n) is 5.68. The lowest BCUT2D eigenvalue weighted by Gasteiger charge is -2.44. The van der Waals surface area contributed by atoms with E-state index in [1.54, 1.807) is 0 Å². The van der Waals surface area contributed by atoms with Gasteiger partial charge in [-0.2, -0.15) is 0 Å². The molecule has 3 fully saturated rings. The van der Waals surface area contributed by atoms with E-state index in [-0.39, 0.29) is 23.0 Å². The van der Waals surface area contributed by atoms with Gasteiger partial charge in [-0.1, -0.05) is 0 Å². The molecule has 1 atom stereocenters. The van der Waals surface area contributed by atoms with Crippen molar-refractivity contribution in [2.45, 2.75) is 18.9 Å². The van der Waals surface area contributed by atoms with Crippen LogP contribution in [0, 0.1) is 16.0 Å². The zero-order valence-corrected chi connectivity index (χ0v) is 11.5. The number of piperidine rings is 3. The molecular formula is C14H17N3O4. The fraction of sp³-hybridized carbons (Fsp3) is 0.500. The molecule has 3 aliphatic heterocycles. The third-order valence-electron chi connectivity index (χ3n) is 4.39. The van der Waals surface area contributed by atoms with Gasteiger partial charge in [0.1, 0.15) is 11.3 Å². The van der Waals surface area contributed by atoms with Crippen LogP contribution in [0.15, 0.2) is 18.2 Å². The van der Waals surface area contributed by atoms with Crippen LogP contribution < -0.4 is 5.32 Å². The van der Waals surface area contributed by atoms with E-state index in [0.717, 1.165) is 44.6 Å². The molecule has 1 aromatic rings. The molecule has 3 aliphatic rings. The molecule has 2 N–H and O–H groups in total. The molecule has 112 valence electrons. The molecule has 3 saturated heterocycles. The molecule has 0 aromatic heterocycles. The fourth-order valence-corrected chi connectivity index (χ4v) is 3.24. The Balaban J connectivity index is 1.79. The summed E-state index contributed by atoms with van der Waals surface area (Å²) in [5.74, 6) is -0.202. The number of rotatable bonds is 3. The molecule has 4 rings (SSSR count). The summed E-state index contributed by atoms with van der Waals surface area (Å²) in [6, 6.07) is 3.54. The van der Waals surface area contributed by atoms with Crippen LogP contribution in [0.2, 0.25) is 0 Å². The van der Waals surface area contributed by atoms with E-state index >= 15 is 0 Å². The van der Waals surface area contributed by atoms with Gasteiger partial charge in [0.25, 0.3) is 11.6 Å². The van der Waals surface area contributed by atoms with E-state index in [1.807, 2.05) is 0 Å². The number of hydrogen-bond donors (Lipinski definition) is 2. The van der Waals surface area contributed by atoms with Crippen molar-refractivity contribution < 1.29 is 14.8 Å². The highest BCUT2D eigenvalue weighted by Crippen LogP contribution is 2.29. The summed E-state index contributed by atoms with van der Waals surface area (Å²) in [7, 11) is 0. The Morgan fingerprint density at radius 2 is 2.10 bits per heavy atom. The number of nitrogens with zero attached hydrogens (tertiary/aromatic N) is 2. The van der Waals surface area contributed by atoms with Gasteiger partial charge in [-0.15, -0.1) is 0 Å². The number of nitrogens with one attached hydrogen (secondary N) is 1. The van der Waals surface area contributed by atoms with Crippen LogP contribution in [0.4, 0.5) is 5.69 Å². The number of hydrogen-bond acceptors (Lipinski definition) is 5. The SMILES string of the molecule is O=C(NC1CN2CCC1CC2)c1cc(O)ccc1[N+](=O)[O-]. The van der Waals surface area contributed by atoms with Gasteiger partial charge >= 0.3 is 0 Å². The minimum absolute atomic E-state index is 0.0296. The first-order valence-corrected chi connectivity index (χ1v) is 7.05. The maximum absolute atomic E-state index is 12.3. The van der Waals surface area contributed by atoms with E-state index in [2.05, 4.69) is 10.2 Å². The lowest BCUT2D eigenvalue weighted by Crippen LogP contribution is -2.57. The summed E-state index contributed by atoms with van der Waals surface area (Å²) in [6.07, 6.45) is 2.10. The van der Waals surface area contributed by atoms with Crippen molar-refractivity contribution in [2.75, 3.05) is 19.6 Å². The summed E-state index contributed by atoms with van der Waals surface area (Å²) >= 11 is 0. The van der Waals surface area contributed by atoms with E-state index in [9.17, 15) is 20.0 Å². The first-order valence-electron chi connectivity index (χ1n) is 7.05. The second-order valence-corrected chi connectivity index (χ2v) is 5.68. The van der Waals surface area contributed by atoms with Crippen LogP contribution in [-0.4, -0.2) is 46.5 Å². The number of phenolic OH excluding ortho intramolecular Hbond substituents is 1. The Morgan fingerprint density at radius 3 is 2.67 bits per heavy atom. The number of amides is 1. The predicted octanol–water partition coefficient (Wildman–Crippen LogP) is 1.12. The molecule has 0 radical (unpaired) electrons. The number of aromatic hydroxyl groups is 1. The van der Waals surface area contributed by atoms with Crippen molar-refractivity contribution in [3.05, 3.63) is 33.9 Å². The topological polar surface area (TPSA) is 95.7 Å². The maximum atomic E-state index is 12.3. The standard InChI is InChI=1S/C14H17N3O4/c18-10-1-2-13(17(20)21)11(7-10)14(19)15-12-8-16-5-3-9(12)4-6-16/h1-2,7,9,12,18H,3-6,8H2,(H,15,19). The van der Waals surface area contributed by atoms with Crippen molar-refractivity contribution in [1.82, 2.24) is 10.2 Å². The van der Waals surface area contributed by atoms with E-state index in [0.29, 0.717) is 5.92 Å². The van der Waals surface area contributed by atoms with Gasteiger partial charge in [0.2, 0.25) is 0 Å². The van der Waals surface area contributed by atoms with Gasteiger partial charge in [-0.3, -0.25) is 14.9 Å². The highest BCUT2D eigenvalue weighted by Gasteiger charge is 2.35. The van der Waals surface area contributed by atoms with Gasteiger partial charge in [0.15, 0.2) is 0 Å². The number of nitro benzene ring substituents is 1. The average Bonchev–Trinajstić information content (AvgIpc) is 2.48. The molecule has 0 aliphatic carbocycles. The highest BCUT2D eigenvalue weighted by atomic mass is 16.6. The monoisotopic (exact) mass is 291 g/mol. The molecule has 7 nitrogen and oxygen atoms in total. The molecule has 21 heavy (non-hydrogen) atoms. The van der Waals surface area contributed by atoms with Gasteiger partial charge in [-0.25, -0.2) is 0 Å². The number of nitro groups is 1. The molecular weight excluding hydrogens is 274 g/mol. The summed E-state index contributed by atoms with van der Waals surface area (Å²) in [5.41, 5.74) is -0.372. The number of benzene rings is 1. The number of carbonyl (C=O) groups excluding carboxylic acids is 1. The van der Waals surface area contributed by atoms with Crippen LogP contribution >= 0.6 is 0 Å². The Hall–Kier alpha value is -2.15. The highest BCUT2D eigenvalue weighted by molar-refractivity contribution is 5.98. The minimum atomic E-state index is -0.606. The Labute approximate surface area is 121 Å². The Kier molecular flexibility index (Phi) is 3.50. The molecule has 0 spiro atoms. The summed E-state index contributed by atoms with van der Waals surface area (Å²) in [5, 5.41) is 23.4. The number of phenols is 1. The van der Waals surface area contributed by atoms with Crippen molar-refractivity contribution in [3.8, 4) is 5.75 Å². The third-order valence-corrected chi connectivity index (χ3v) is 4.39. The van der Waals surface area contributed by atoms with Crippen LogP contribution in [0.5, 0.6) is 5.75 Å². The fourth-order valence-electron chi connectivity index (χ4n) is 3.24. The first-order chi connectivity index (χ1) is 10.0. The minimum Gasteiger partial charge on any atom is -0.508 e. The van der Waals surface area contributed by atoms with Gasteiger partial charge in [0.05, 0.1) is 4.92 Å². The average molecular weight is 291 g/mol. The lowest BCUT2D eigenvalue weighted by molar-refractivity contribution is -0.385. The molecule has 3 heterocycles. The Bertz CT molecular complexity index is 582. The van der Waals surface area contributed by atoms with Gasteiger partial charge in [-0.05, 0) is 44.0 Å². The van der Waals surface area contributed by atoms with Crippen LogP contribution in [0.25, 0.3) is 0 Å². The van der Waals surface area contributed by atoms with Crippen molar-refractivity contribution in [3.63, 3.8) is 0 Å². The largest absolute Gasteiger partial charge is 0.508 e. The third kappa shape index (κ3) is 2.69. The summed E-state index contributed by atoms with van der Waals surface area (Å²) in [6.45, 7) is 2.91. The molecule has 2 bridgehead atoms. The smallest absolute Gasteiger partial charge is 0.282 e. The molecule has 7 heteroatoms. The summed E-state index contributed by atoms with van der Waals surface area (Å²) < 4.78 is 0. The van der Waals surface area contributed by atoms with E-state index in [1.165, 1.54) is 6.07 Å². The van der Waals surface area contributed by atoms with E-state index < -0.39 is 10.8 Å². The van der Waals surface area contributed by atoms with Gasteiger partial charge < -0.3 is 15.3 Å². The van der Waals surface area contributed by atoms with Crippen molar-refractivity contribution in [1.29, 1.82) is 0 Å². The zero-order valence-electron chi connectivity index (χ0n) is 11.5. The van der Waals surface area contributed by atoms with Crippen molar-refractivity contribution in [2.24, 2.45) is 5.92 Å². The molecule has 1 aromatic carbocycles. The molecule has 1 amide bonds. The normalized spacial score (nSPS) is 27.3. The second kappa shape index (κ2) is 5.33. The molecule has 0 saturated carbocycles. The zero-order chi connectivity index (χ0) is 15.0. The van der Waals surface area contributed by atoms with Crippen LogP contribution in [0.3, 0.4) is 0 Å². The number of carbonyl (C=O) groups is 1. The predicted molar refractivity (Wildman–Crippen MR) is 75.2 cm³/mol. The Morgan fingerprint density at radius 1 is 1.38 bits per heavy atom. The quantitative estimate of drug-likeness (QED) is 0.643. The summed E-state index contributed by atoms with van der Waals surface area (Å²) in [4.78, 5) is 25.0. The first kappa shape index (κ1) is 13.8. The lowest BCUT2D eigenvalue weighted by atomic mass is 9.84. The number of fused-ring (bicyclic) bond motifs is 3. The van der Waals surface area contributed by atoms with E-state index in [4.69, 9.17) is 0 Å². The van der Waals surface area contributed by atoms with Gasteiger partial charge in [0, 0.05) is 18.7 Å². The van der Waals surface area contributed by atoms with Crippen LogP contribution in [-0.2, 0) is 0 Å². The van der Waals surface area contributed by atoms with Crippen LogP contribution in [0.1, 0.15) is 23.2 Å². The molecule has 1 unspecified atom stereocenters. The van der Waals surface area contributed by atoms with Crippen molar-refractivity contribution >= 4 is 11.6 Å². The maximum Gasteiger partial charge on any atom is 0.282 e.